The van der Waals surface area contributed by atoms with Crippen LogP contribution in [0.5, 0.6) is 5.75 Å². The number of hydrogen-bond donors (Lipinski definition) is 3. The van der Waals surface area contributed by atoms with Gasteiger partial charge in [0.05, 0.1) is 12.3 Å². The number of sulfonamides is 1. The standard InChI is InChI=1S/C32H32BrClFN3O6S/c1-5-31(6-2,29(40)38-45(4,42)43)44-26-12-9-19(34)14-22(26)24-16-27(39)37-28(21-15-20(35)10-7-17(21)3)32(24)23-11-8-18(33)13-25(23)36-30(32)41/h7-15,24,28H,5-6,16H2,1-4H3,(H,36,41)(H,37,39)(H,38,40)/t24-,28+,32-/m1/s1. The molecule has 2 aliphatic rings. The predicted octanol–water partition coefficient (Wildman–Crippen LogP) is 5.80. The zero-order valence-corrected chi connectivity index (χ0v) is 28.1. The van der Waals surface area contributed by atoms with Crippen molar-refractivity contribution in [3.63, 3.8) is 0 Å². The van der Waals surface area contributed by atoms with E-state index in [0.717, 1.165) is 6.26 Å². The molecule has 0 aromatic heterocycles. The predicted molar refractivity (Wildman–Crippen MR) is 172 cm³/mol. The Balaban J connectivity index is 1.78. The molecule has 0 bridgehead atoms. The summed E-state index contributed by atoms with van der Waals surface area (Å²) in [4.78, 5) is 41.4. The molecule has 3 aromatic rings. The van der Waals surface area contributed by atoms with Gasteiger partial charge >= 0.3 is 0 Å². The molecule has 0 saturated carbocycles. The maximum absolute atomic E-state index is 14.8. The van der Waals surface area contributed by atoms with E-state index in [1.54, 1.807) is 63.2 Å². The lowest BCUT2D eigenvalue weighted by molar-refractivity contribution is -0.136. The van der Waals surface area contributed by atoms with Gasteiger partial charge in [-0.3, -0.25) is 14.4 Å². The van der Waals surface area contributed by atoms with Gasteiger partial charge in [0, 0.05) is 33.1 Å². The van der Waals surface area contributed by atoms with E-state index >= 15 is 0 Å². The number of nitrogens with one attached hydrogen (secondary N) is 3. The van der Waals surface area contributed by atoms with Crippen LogP contribution in [0.2, 0.25) is 5.02 Å². The summed E-state index contributed by atoms with van der Waals surface area (Å²) in [6.07, 6.45) is 0.908. The Kier molecular flexibility index (Phi) is 8.80. The van der Waals surface area contributed by atoms with E-state index in [0.29, 0.717) is 32.4 Å². The number of hydrogen-bond acceptors (Lipinski definition) is 6. The first kappa shape index (κ1) is 32.9. The minimum absolute atomic E-state index is 0.103. The van der Waals surface area contributed by atoms with E-state index in [2.05, 4.69) is 26.6 Å². The van der Waals surface area contributed by atoms with E-state index in [4.69, 9.17) is 16.3 Å². The fourth-order valence-electron chi connectivity index (χ4n) is 6.56. The summed E-state index contributed by atoms with van der Waals surface area (Å²) in [5, 5.41) is 6.25. The van der Waals surface area contributed by atoms with Crippen LogP contribution >= 0.6 is 27.5 Å². The fourth-order valence-corrected chi connectivity index (χ4v) is 7.63. The summed E-state index contributed by atoms with van der Waals surface area (Å²) in [7, 11) is -3.91. The molecule has 3 N–H and O–H groups in total. The molecule has 2 aliphatic heterocycles. The molecule has 1 fully saturated rings. The minimum Gasteiger partial charge on any atom is -0.477 e. The maximum Gasteiger partial charge on any atom is 0.277 e. The summed E-state index contributed by atoms with van der Waals surface area (Å²) < 4.78 is 48.0. The molecular weight excluding hydrogens is 689 g/mol. The summed E-state index contributed by atoms with van der Waals surface area (Å²) in [5.74, 6) is -2.97. The van der Waals surface area contributed by atoms with Gasteiger partial charge in [-0.1, -0.05) is 53.5 Å². The molecule has 0 unspecified atom stereocenters. The Hall–Kier alpha value is -3.48. The van der Waals surface area contributed by atoms with Gasteiger partial charge in [-0.2, -0.15) is 0 Å². The lowest BCUT2D eigenvalue weighted by Gasteiger charge is -2.47. The largest absolute Gasteiger partial charge is 0.477 e. The van der Waals surface area contributed by atoms with Crippen LogP contribution in [0.1, 0.15) is 67.3 Å². The molecule has 2 heterocycles. The van der Waals surface area contributed by atoms with Crippen molar-refractivity contribution in [1.29, 1.82) is 0 Å². The molecule has 45 heavy (non-hydrogen) atoms. The van der Waals surface area contributed by atoms with Crippen molar-refractivity contribution in [2.45, 2.75) is 63.0 Å². The van der Waals surface area contributed by atoms with Crippen molar-refractivity contribution < 1.29 is 31.9 Å². The summed E-state index contributed by atoms with van der Waals surface area (Å²) >= 11 is 10.0. The van der Waals surface area contributed by atoms with Gasteiger partial charge in [-0.15, -0.1) is 0 Å². The van der Waals surface area contributed by atoms with Gasteiger partial charge in [-0.05, 0) is 78.9 Å². The van der Waals surface area contributed by atoms with Crippen LogP contribution < -0.4 is 20.1 Å². The SMILES string of the molecule is CCC(CC)(Oc1ccc(Cl)cc1[C@H]1CC(=O)N[C@@H](c2cc(F)ccc2C)[C@]12C(=O)Nc1cc(Br)ccc12)C(=O)NS(C)(=O)=O. The molecular formula is C32H32BrClFN3O6S. The number of ether oxygens (including phenoxy) is 1. The van der Waals surface area contributed by atoms with Gasteiger partial charge in [0.25, 0.3) is 5.91 Å². The second-order valence-electron chi connectivity index (χ2n) is 11.5. The molecule has 238 valence electrons. The maximum atomic E-state index is 14.8. The Bertz CT molecular complexity index is 1830. The van der Waals surface area contributed by atoms with Crippen LogP contribution in [-0.2, 0) is 29.8 Å². The highest BCUT2D eigenvalue weighted by Crippen LogP contribution is 2.59. The molecule has 3 aromatic carbocycles. The van der Waals surface area contributed by atoms with Crippen LogP contribution in [0.25, 0.3) is 0 Å². The molecule has 0 aliphatic carbocycles. The average molecular weight is 721 g/mol. The lowest BCUT2D eigenvalue weighted by atomic mass is 9.59. The lowest BCUT2D eigenvalue weighted by Crippen LogP contribution is -2.57. The number of carbonyl (C=O) groups excluding carboxylic acids is 3. The number of aryl methyl sites for hydroxylation is 1. The second-order valence-corrected chi connectivity index (χ2v) is 14.6. The normalized spacial score (nSPS) is 21.2. The third-order valence-electron chi connectivity index (χ3n) is 8.79. The molecule has 1 spiro atoms. The number of halogens is 3. The fraction of sp³-hybridized carbons (Fsp3) is 0.344. The molecule has 3 amide bonds. The van der Waals surface area contributed by atoms with Crippen LogP contribution in [0, 0.1) is 12.7 Å². The van der Waals surface area contributed by atoms with Gasteiger partial charge < -0.3 is 15.4 Å². The smallest absolute Gasteiger partial charge is 0.277 e. The highest BCUT2D eigenvalue weighted by Gasteiger charge is 2.62. The van der Waals surface area contributed by atoms with Gasteiger partial charge in [0.1, 0.15) is 17.0 Å². The molecule has 9 nitrogen and oxygen atoms in total. The summed E-state index contributed by atoms with van der Waals surface area (Å²) in [6.45, 7) is 5.16. The van der Waals surface area contributed by atoms with E-state index < -0.39 is 56.5 Å². The Morgan fingerprint density at radius 1 is 1.11 bits per heavy atom. The Morgan fingerprint density at radius 3 is 2.49 bits per heavy atom. The number of carbonyl (C=O) groups is 3. The first-order valence-corrected chi connectivity index (χ1v) is 17.4. The van der Waals surface area contributed by atoms with Gasteiger partial charge in [0.2, 0.25) is 21.8 Å². The van der Waals surface area contributed by atoms with Gasteiger partial charge in [0.15, 0.2) is 5.60 Å². The van der Waals surface area contributed by atoms with Crippen molar-refractivity contribution in [3.8, 4) is 5.75 Å². The number of piperidine rings is 1. The molecule has 13 heteroatoms. The monoisotopic (exact) mass is 719 g/mol. The number of anilines is 1. The number of benzene rings is 3. The van der Waals surface area contributed by atoms with Gasteiger partial charge in [-0.25, -0.2) is 17.5 Å². The quantitative estimate of drug-likeness (QED) is 0.270. The number of amides is 3. The zero-order chi connectivity index (χ0) is 32.9. The summed E-state index contributed by atoms with van der Waals surface area (Å²) in [6, 6.07) is 13.2. The highest BCUT2D eigenvalue weighted by molar-refractivity contribution is 9.10. The van der Waals surface area contributed by atoms with Crippen molar-refractivity contribution in [1.82, 2.24) is 10.0 Å². The highest BCUT2D eigenvalue weighted by atomic mass is 79.9. The van der Waals surface area contributed by atoms with E-state index in [1.807, 2.05) is 4.72 Å². The van der Waals surface area contributed by atoms with Crippen molar-refractivity contribution >= 4 is 61.0 Å². The van der Waals surface area contributed by atoms with Crippen molar-refractivity contribution in [3.05, 3.63) is 92.2 Å². The van der Waals surface area contributed by atoms with E-state index in [1.165, 1.54) is 12.1 Å². The molecule has 5 rings (SSSR count). The Labute approximate surface area is 274 Å². The third-order valence-corrected chi connectivity index (χ3v) is 10.1. The van der Waals surface area contributed by atoms with Crippen LogP contribution in [0.3, 0.4) is 0 Å². The average Bonchev–Trinajstić information content (AvgIpc) is 3.24. The molecule has 0 radical (unpaired) electrons. The first-order chi connectivity index (χ1) is 21.1. The Morgan fingerprint density at radius 2 is 1.82 bits per heavy atom. The zero-order valence-electron chi connectivity index (χ0n) is 25.0. The summed E-state index contributed by atoms with van der Waals surface area (Å²) in [5.41, 5.74) is -0.587. The molecule has 3 atom stereocenters. The number of rotatable bonds is 8. The second kappa shape index (κ2) is 12.0. The van der Waals surface area contributed by atoms with E-state index in [9.17, 15) is 27.2 Å². The third kappa shape index (κ3) is 5.83. The molecule has 1 saturated heterocycles. The minimum atomic E-state index is -3.91. The number of fused-ring (bicyclic) bond motifs is 2. The topological polar surface area (TPSA) is 131 Å². The van der Waals surface area contributed by atoms with Crippen LogP contribution in [-0.4, -0.2) is 38.0 Å². The van der Waals surface area contributed by atoms with Crippen LogP contribution in [0.15, 0.2) is 59.1 Å². The van der Waals surface area contributed by atoms with Crippen molar-refractivity contribution in [2.24, 2.45) is 0 Å². The first-order valence-electron chi connectivity index (χ1n) is 14.3. The van der Waals surface area contributed by atoms with Crippen molar-refractivity contribution in [2.75, 3.05) is 11.6 Å². The van der Waals surface area contributed by atoms with Crippen LogP contribution in [0.4, 0.5) is 10.1 Å². The van der Waals surface area contributed by atoms with E-state index in [-0.39, 0.29) is 30.0 Å².